The largest absolute Gasteiger partial charge is 0.487 e. The standard InChI is InChI=1S/C20H24N2O/c1-2-6-17(7-3-1)14-21-15-18-9-11-20(12-10-18)23-16-19-8-4-5-13-22-19/h1-2,4-5,8-13,17,21H,3,6-7,14-16H2. The van der Waals surface area contributed by atoms with Gasteiger partial charge in [0, 0.05) is 12.7 Å². The van der Waals surface area contributed by atoms with Gasteiger partial charge in [0.25, 0.3) is 0 Å². The van der Waals surface area contributed by atoms with Crippen molar-refractivity contribution in [3.8, 4) is 5.75 Å². The van der Waals surface area contributed by atoms with E-state index in [0.29, 0.717) is 6.61 Å². The molecular weight excluding hydrogens is 284 g/mol. The van der Waals surface area contributed by atoms with Crippen LogP contribution in [-0.2, 0) is 13.2 Å². The molecule has 1 aromatic heterocycles. The van der Waals surface area contributed by atoms with Gasteiger partial charge in [-0.3, -0.25) is 4.98 Å². The van der Waals surface area contributed by atoms with Crippen molar-refractivity contribution in [2.45, 2.75) is 32.4 Å². The van der Waals surface area contributed by atoms with Gasteiger partial charge >= 0.3 is 0 Å². The lowest BCUT2D eigenvalue weighted by molar-refractivity contribution is 0.301. The predicted molar refractivity (Wildman–Crippen MR) is 93.2 cm³/mol. The van der Waals surface area contributed by atoms with Gasteiger partial charge in [0.1, 0.15) is 12.4 Å². The third kappa shape index (κ3) is 5.22. The molecule has 0 saturated heterocycles. The second-order valence-electron chi connectivity index (χ2n) is 6.04. The number of allylic oxidation sites excluding steroid dienone is 2. The van der Waals surface area contributed by atoms with Crippen molar-refractivity contribution in [2.24, 2.45) is 5.92 Å². The Morgan fingerprint density at radius 3 is 2.74 bits per heavy atom. The van der Waals surface area contributed by atoms with Gasteiger partial charge in [0.05, 0.1) is 5.69 Å². The third-order valence-electron chi connectivity index (χ3n) is 4.18. The summed E-state index contributed by atoms with van der Waals surface area (Å²) in [5, 5.41) is 3.56. The SMILES string of the molecule is C1=CCC(CNCc2ccc(OCc3ccccn3)cc2)CC1. The highest BCUT2D eigenvalue weighted by atomic mass is 16.5. The van der Waals surface area contributed by atoms with E-state index in [0.717, 1.165) is 30.5 Å². The molecule has 0 fully saturated rings. The van der Waals surface area contributed by atoms with Crippen LogP contribution in [0, 0.1) is 5.92 Å². The first-order valence-electron chi connectivity index (χ1n) is 8.37. The molecule has 1 unspecified atom stereocenters. The molecule has 1 aliphatic rings. The van der Waals surface area contributed by atoms with Crippen LogP contribution in [-0.4, -0.2) is 11.5 Å². The lowest BCUT2D eigenvalue weighted by Gasteiger charge is -2.18. The van der Waals surface area contributed by atoms with Crippen molar-refractivity contribution >= 4 is 0 Å². The molecular formula is C20H24N2O. The summed E-state index contributed by atoms with van der Waals surface area (Å²) in [5.41, 5.74) is 2.24. The summed E-state index contributed by atoms with van der Waals surface area (Å²) < 4.78 is 5.76. The monoisotopic (exact) mass is 308 g/mol. The van der Waals surface area contributed by atoms with Crippen LogP contribution in [0.3, 0.4) is 0 Å². The number of ether oxygens (including phenoxy) is 1. The second-order valence-corrected chi connectivity index (χ2v) is 6.04. The fraction of sp³-hybridized carbons (Fsp3) is 0.350. The Labute approximate surface area is 138 Å². The number of benzene rings is 1. The fourth-order valence-corrected chi connectivity index (χ4v) is 2.81. The summed E-state index contributed by atoms with van der Waals surface area (Å²) in [7, 11) is 0. The summed E-state index contributed by atoms with van der Waals surface area (Å²) in [4.78, 5) is 4.26. The Hall–Kier alpha value is -2.13. The third-order valence-corrected chi connectivity index (χ3v) is 4.18. The fourth-order valence-electron chi connectivity index (χ4n) is 2.81. The molecule has 0 radical (unpaired) electrons. The maximum absolute atomic E-state index is 5.76. The zero-order valence-electron chi connectivity index (χ0n) is 13.4. The molecule has 3 heteroatoms. The van der Waals surface area contributed by atoms with Gasteiger partial charge in [-0.2, -0.15) is 0 Å². The van der Waals surface area contributed by atoms with Gasteiger partial charge in [-0.25, -0.2) is 0 Å². The summed E-state index contributed by atoms with van der Waals surface area (Å²) in [5.74, 6) is 1.68. The van der Waals surface area contributed by atoms with E-state index in [4.69, 9.17) is 4.74 Å². The Morgan fingerprint density at radius 1 is 1.09 bits per heavy atom. The van der Waals surface area contributed by atoms with Crippen molar-refractivity contribution in [3.63, 3.8) is 0 Å². The number of hydrogen-bond donors (Lipinski definition) is 1. The average molecular weight is 308 g/mol. The highest BCUT2D eigenvalue weighted by Gasteiger charge is 2.08. The van der Waals surface area contributed by atoms with Crippen LogP contribution in [0.5, 0.6) is 5.75 Å². The molecule has 0 bridgehead atoms. The van der Waals surface area contributed by atoms with Gasteiger partial charge in [0.2, 0.25) is 0 Å². The molecule has 1 atom stereocenters. The van der Waals surface area contributed by atoms with Gasteiger partial charge in [-0.05, 0) is 61.6 Å². The van der Waals surface area contributed by atoms with E-state index in [1.54, 1.807) is 6.20 Å². The van der Waals surface area contributed by atoms with Gasteiger partial charge in [-0.15, -0.1) is 0 Å². The average Bonchev–Trinajstić information content (AvgIpc) is 2.63. The van der Waals surface area contributed by atoms with Crippen molar-refractivity contribution in [1.82, 2.24) is 10.3 Å². The Bertz CT molecular complexity index is 607. The smallest absolute Gasteiger partial charge is 0.130 e. The number of rotatable bonds is 7. The Kier molecular flexibility index (Phi) is 5.81. The van der Waals surface area contributed by atoms with Crippen molar-refractivity contribution < 1.29 is 4.74 Å². The van der Waals surface area contributed by atoms with Crippen LogP contribution in [0.25, 0.3) is 0 Å². The number of hydrogen-bond acceptors (Lipinski definition) is 3. The molecule has 3 nitrogen and oxygen atoms in total. The quantitative estimate of drug-likeness (QED) is 0.782. The Morgan fingerprint density at radius 2 is 2.00 bits per heavy atom. The molecule has 1 heterocycles. The summed E-state index contributed by atoms with van der Waals surface area (Å²) in [6.07, 6.45) is 10.1. The minimum atomic E-state index is 0.508. The lowest BCUT2D eigenvalue weighted by Crippen LogP contribution is -2.23. The molecule has 1 aliphatic carbocycles. The molecule has 3 rings (SSSR count). The minimum Gasteiger partial charge on any atom is -0.487 e. The molecule has 1 aromatic carbocycles. The topological polar surface area (TPSA) is 34.1 Å². The van der Waals surface area contributed by atoms with E-state index in [2.05, 4.69) is 34.6 Å². The van der Waals surface area contributed by atoms with E-state index < -0.39 is 0 Å². The molecule has 0 aliphatic heterocycles. The van der Waals surface area contributed by atoms with E-state index >= 15 is 0 Å². The van der Waals surface area contributed by atoms with E-state index in [1.165, 1.54) is 24.8 Å². The highest BCUT2D eigenvalue weighted by Crippen LogP contribution is 2.17. The van der Waals surface area contributed by atoms with E-state index in [9.17, 15) is 0 Å². The predicted octanol–water partition coefficient (Wildman–Crippen LogP) is 4.11. The first-order chi connectivity index (χ1) is 11.4. The molecule has 120 valence electrons. The van der Waals surface area contributed by atoms with Crippen LogP contribution in [0.4, 0.5) is 0 Å². The van der Waals surface area contributed by atoms with Crippen molar-refractivity contribution in [3.05, 3.63) is 72.1 Å². The second kappa shape index (κ2) is 8.49. The molecule has 2 aromatic rings. The molecule has 1 N–H and O–H groups in total. The van der Waals surface area contributed by atoms with Crippen LogP contribution in [0.15, 0.2) is 60.8 Å². The summed E-state index contributed by atoms with van der Waals surface area (Å²) in [6.45, 7) is 2.52. The zero-order chi connectivity index (χ0) is 15.7. The van der Waals surface area contributed by atoms with Gasteiger partial charge in [0.15, 0.2) is 0 Å². The van der Waals surface area contributed by atoms with Gasteiger partial charge < -0.3 is 10.1 Å². The Balaban J connectivity index is 1.41. The van der Waals surface area contributed by atoms with Crippen molar-refractivity contribution in [1.29, 1.82) is 0 Å². The maximum atomic E-state index is 5.76. The van der Waals surface area contributed by atoms with Crippen LogP contribution in [0.2, 0.25) is 0 Å². The number of nitrogens with one attached hydrogen (secondary N) is 1. The first kappa shape index (κ1) is 15.8. The molecule has 0 saturated carbocycles. The van der Waals surface area contributed by atoms with Gasteiger partial charge in [-0.1, -0.05) is 30.4 Å². The van der Waals surface area contributed by atoms with Crippen molar-refractivity contribution in [2.75, 3.05) is 6.54 Å². The molecule has 0 spiro atoms. The van der Waals surface area contributed by atoms with Crippen LogP contribution < -0.4 is 10.1 Å². The normalized spacial score (nSPS) is 17.1. The molecule has 0 amide bonds. The van der Waals surface area contributed by atoms with Crippen LogP contribution in [0.1, 0.15) is 30.5 Å². The minimum absolute atomic E-state index is 0.508. The number of pyridine rings is 1. The molecule has 23 heavy (non-hydrogen) atoms. The summed E-state index contributed by atoms with van der Waals surface area (Å²) in [6, 6.07) is 14.2. The first-order valence-corrected chi connectivity index (χ1v) is 8.37. The summed E-state index contributed by atoms with van der Waals surface area (Å²) >= 11 is 0. The maximum Gasteiger partial charge on any atom is 0.130 e. The zero-order valence-corrected chi connectivity index (χ0v) is 13.4. The van der Waals surface area contributed by atoms with E-state index in [-0.39, 0.29) is 0 Å². The number of nitrogens with zero attached hydrogens (tertiary/aromatic N) is 1. The lowest BCUT2D eigenvalue weighted by atomic mass is 9.94. The highest BCUT2D eigenvalue weighted by molar-refractivity contribution is 5.27. The number of aromatic nitrogens is 1. The van der Waals surface area contributed by atoms with E-state index in [1.807, 2.05) is 30.3 Å². The van der Waals surface area contributed by atoms with Crippen LogP contribution >= 0.6 is 0 Å².